The molecule has 26 heavy (non-hydrogen) atoms. The van der Waals surface area contributed by atoms with Crippen molar-refractivity contribution in [2.75, 3.05) is 29.0 Å². The first kappa shape index (κ1) is 17.9. The van der Waals surface area contributed by atoms with Gasteiger partial charge in [0.2, 0.25) is 10.0 Å². The fourth-order valence-electron chi connectivity index (χ4n) is 2.78. The minimum atomic E-state index is -3.34. The molecule has 8 heteroatoms. The van der Waals surface area contributed by atoms with E-state index in [2.05, 4.69) is 5.32 Å². The summed E-state index contributed by atoms with van der Waals surface area (Å²) in [6, 6.07) is 13.6. The standard InChI is InChI=1S/C18H18N2O5S/c1-26(23,24)20-10-9-13-11-14(7-8-16(13)20)18(22)25-12-17(21)19-15-5-3-2-4-6-15/h2-8,11H,9-10,12H2,1H3,(H,19,21). The van der Waals surface area contributed by atoms with Crippen LogP contribution in [-0.2, 0) is 26.0 Å². The number of nitrogens with one attached hydrogen (secondary N) is 1. The van der Waals surface area contributed by atoms with Crippen LogP contribution in [0.5, 0.6) is 0 Å². The SMILES string of the molecule is CS(=O)(=O)N1CCc2cc(C(=O)OCC(=O)Nc3ccccc3)ccc21. The summed E-state index contributed by atoms with van der Waals surface area (Å²) in [5.41, 5.74) is 2.24. The Balaban J connectivity index is 1.62. The molecule has 0 unspecified atom stereocenters. The van der Waals surface area contributed by atoms with Gasteiger partial charge >= 0.3 is 5.97 Å². The Bertz CT molecular complexity index is 941. The van der Waals surface area contributed by atoms with Crippen LogP contribution in [0.2, 0.25) is 0 Å². The molecule has 0 aromatic heterocycles. The molecule has 136 valence electrons. The highest BCUT2D eigenvalue weighted by molar-refractivity contribution is 7.92. The second kappa shape index (κ2) is 7.17. The Kier molecular flexibility index (Phi) is 4.94. The monoisotopic (exact) mass is 374 g/mol. The number of benzene rings is 2. The fraction of sp³-hybridized carbons (Fsp3) is 0.222. The molecule has 0 saturated carbocycles. The van der Waals surface area contributed by atoms with Crippen molar-refractivity contribution in [3.63, 3.8) is 0 Å². The molecule has 1 aliphatic heterocycles. The third kappa shape index (κ3) is 4.02. The second-order valence-electron chi connectivity index (χ2n) is 5.92. The average Bonchev–Trinajstić information content (AvgIpc) is 3.04. The summed E-state index contributed by atoms with van der Waals surface area (Å²) in [4.78, 5) is 24.0. The van der Waals surface area contributed by atoms with Gasteiger partial charge in [-0.15, -0.1) is 0 Å². The highest BCUT2D eigenvalue weighted by Crippen LogP contribution is 2.30. The van der Waals surface area contributed by atoms with Crippen molar-refractivity contribution in [2.45, 2.75) is 6.42 Å². The average molecular weight is 374 g/mol. The zero-order valence-corrected chi connectivity index (χ0v) is 15.0. The molecule has 0 bridgehead atoms. The Morgan fingerprint density at radius 1 is 1.15 bits per heavy atom. The van der Waals surface area contributed by atoms with Gasteiger partial charge in [-0.1, -0.05) is 18.2 Å². The van der Waals surface area contributed by atoms with Crippen LogP contribution >= 0.6 is 0 Å². The van der Waals surface area contributed by atoms with Crippen molar-refractivity contribution in [2.24, 2.45) is 0 Å². The van der Waals surface area contributed by atoms with Crippen LogP contribution in [-0.4, -0.2) is 39.7 Å². The Hall–Kier alpha value is -2.87. The Labute approximate surface area is 151 Å². The predicted octanol–water partition coefficient (Wildman–Crippen LogP) is 1.80. The van der Waals surface area contributed by atoms with Crippen LogP contribution in [0.15, 0.2) is 48.5 Å². The fourth-order valence-corrected chi connectivity index (χ4v) is 3.73. The van der Waals surface area contributed by atoms with Gasteiger partial charge in [-0.05, 0) is 42.3 Å². The quantitative estimate of drug-likeness (QED) is 0.806. The van der Waals surface area contributed by atoms with Crippen molar-refractivity contribution in [3.8, 4) is 0 Å². The Morgan fingerprint density at radius 2 is 1.88 bits per heavy atom. The van der Waals surface area contributed by atoms with Crippen LogP contribution < -0.4 is 9.62 Å². The van der Waals surface area contributed by atoms with E-state index in [0.717, 1.165) is 11.8 Å². The number of para-hydroxylation sites is 1. The topological polar surface area (TPSA) is 92.8 Å². The number of amides is 1. The van der Waals surface area contributed by atoms with Gasteiger partial charge in [-0.2, -0.15) is 0 Å². The highest BCUT2D eigenvalue weighted by atomic mass is 32.2. The number of esters is 1. The summed E-state index contributed by atoms with van der Waals surface area (Å²) in [5.74, 6) is -1.07. The summed E-state index contributed by atoms with van der Waals surface area (Å²) in [6.07, 6.45) is 1.67. The lowest BCUT2D eigenvalue weighted by atomic mass is 10.1. The van der Waals surface area contributed by atoms with Gasteiger partial charge in [-0.25, -0.2) is 13.2 Å². The summed E-state index contributed by atoms with van der Waals surface area (Å²) in [5, 5.41) is 2.62. The van der Waals surface area contributed by atoms with Crippen LogP contribution in [0.3, 0.4) is 0 Å². The van der Waals surface area contributed by atoms with E-state index in [1.165, 1.54) is 10.4 Å². The lowest BCUT2D eigenvalue weighted by molar-refractivity contribution is -0.119. The molecule has 1 aliphatic rings. The zero-order chi connectivity index (χ0) is 18.7. The van der Waals surface area contributed by atoms with E-state index in [1.54, 1.807) is 36.4 Å². The van der Waals surface area contributed by atoms with Gasteiger partial charge in [-0.3, -0.25) is 9.10 Å². The molecule has 2 aromatic carbocycles. The molecule has 0 saturated heterocycles. The van der Waals surface area contributed by atoms with E-state index >= 15 is 0 Å². The van der Waals surface area contributed by atoms with Crippen LogP contribution in [0.1, 0.15) is 15.9 Å². The molecule has 1 amide bonds. The molecule has 2 aromatic rings. The van der Waals surface area contributed by atoms with Crippen molar-refractivity contribution in [3.05, 3.63) is 59.7 Å². The lowest BCUT2D eigenvalue weighted by Gasteiger charge is -2.16. The van der Waals surface area contributed by atoms with Crippen molar-refractivity contribution >= 4 is 33.3 Å². The van der Waals surface area contributed by atoms with E-state index in [9.17, 15) is 18.0 Å². The largest absolute Gasteiger partial charge is 0.452 e. The highest BCUT2D eigenvalue weighted by Gasteiger charge is 2.27. The van der Waals surface area contributed by atoms with Gasteiger partial charge in [0.25, 0.3) is 5.91 Å². The third-order valence-corrected chi connectivity index (χ3v) is 5.14. The molecule has 0 spiro atoms. The molecular weight excluding hydrogens is 356 g/mol. The number of carbonyl (C=O) groups is 2. The number of ether oxygens (including phenoxy) is 1. The molecule has 3 rings (SSSR count). The zero-order valence-electron chi connectivity index (χ0n) is 14.1. The maximum absolute atomic E-state index is 12.1. The molecule has 0 radical (unpaired) electrons. The van der Waals surface area contributed by atoms with E-state index in [1.807, 2.05) is 6.07 Å². The summed E-state index contributed by atoms with van der Waals surface area (Å²) in [7, 11) is -3.34. The minimum absolute atomic E-state index is 0.284. The molecule has 7 nitrogen and oxygen atoms in total. The van der Waals surface area contributed by atoms with Gasteiger partial charge in [0.15, 0.2) is 6.61 Å². The molecule has 0 atom stereocenters. The lowest BCUT2D eigenvalue weighted by Crippen LogP contribution is -2.27. The maximum atomic E-state index is 12.1. The first-order chi connectivity index (χ1) is 12.3. The van der Waals surface area contributed by atoms with Crippen molar-refractivity contribution in [1.82, 2.24) is 0 Å². The molecule has 1 heterocycles. The summed E-state index contributed by atoms with van der Waals surface area (Å²) in [6.45, 7) is -0.0492. The van der Waals surface area contributed by atoms with E-state index in [0.29, 0.717) is 24.3 Å². The normalized spacial score (nSPS) is 13.2. The third-order valence-electron chi connectivity index (χ3n) is 3.96. The van der Waals surface area contributed by atoms with Gasteiger partial charge in [0.05, 0.1) is 17.5 Å². The van der Waals surface area contributed by atoms with Crippen LogP contribution in [0.25, 0.3) is 0 Å². The number of hydrogen-bond donors (Lipinski definition) is 1. The second-order valence-corrected chi connectivity index (χ2v) is 7.83. The summed E-state index contributed by atoms with van der Waals surface area (Å²) >= 11 is 0. The predicted molar refractivity (Wildman–Crippen MR) is 97.7 cm³/mol. The molecule has 0 fully saturated rings. The minimum Gasteiger partial charge on any atom is -0.452 e. The van der Waals surface area contributed by atoms with Crippen molar-refractivity contribution in [1.29, 1.82) is 0 Å². The molecule has 1 N–H and O–H groups in total. The smallest absolute Gasteiger partial charge is 0.338 e. The first-order valence-electron chi connectivity index (χ1n) is 7.97. The van der Waals surface area contributed by atoms with Crippen LogP contribution in [0, 0.1) is 0 Å². The van der Waals surface area contributed by atoms with Gasteiger partial charge in [0.1, 0.15) is 0 Å². The summed E-state index contributed by atoms with van der Waals surface area (Å²) < 4.78 is 29.8. The van der Waals surface area contributed by atoms with Crippen molar-refractivity contribution < 1.29 is 22.7 Å². The molecule has 0 aliphatic carbocycles. The number of nitrogens with zero attached hydrogens (tertiary/aromatic N) is 1. The Morgan fingerprint density at radius 3 is 2.58 bits per heavy atom. The van der Waals surface area contributed by atoms with Crippen LogP contribution in [0.4, 0.5) is 11.4 Å². The number of sulfonamides is 1. The van der Waals surface area contributed by atoms with Gasteiger partial charge in [0, 0.05) is 12.2 Å². The number of hydrogen-bond acceptors (Lipinski definition) is 5. The van der Waals surface area contributed by atoms with E-state index < -0.39 is 28.5 Å². The number of fused-ring (bicyclic) bond motifs is 1. The number of rotatable bonds is 5. The first-order valence-corrected chi connectivity index (χ1v) is 9.82. The van der Waals surface area contributed by atoms with Gasteiger partial charge < -0.3 is 10.1 Å². The molecular formula is C18H18N2O5S. The maximum Gasteiger partial charge on any atom is 0.338 e. The van der Waals surface area contributed by atoms with E-state index in [4.69, 9.17) is 4.74 Å². The number of carbonyl (C=O) groups excluding carboxylic acids is 2. The number of anilines is 2. The van der Waals surface area contributed by atoms with E-state index in [-0.39, 0.29) is 5.56 Å².